The lowest BCUT2D eigenvalue weighted by molar-refractivity contribution is -0.894. The smallest absolute Gasteiger partial charge is 0.0742 e. The van der Waals surface area contributed by atoms with Gasteiger partial charge in [-0.15, -0.1) is 0 Å². The van der Waals surface area contributed by atoms with Gasteiger partial charge in [0.05, 0.1) is 19.6 Å². The van der Waals surface area contributed by atoms with Crippen molar-refractivity contribution in [3.05, 3.63) is 23.5 Å². The maximum absolute atomic E-state index is 2.22. The maximum Gasteiger partial charge on any atom is 0.0742 e. The van der Waals surface area contributed by atoms with E-state index in [1.54, 1.807) is 4.90 Å². The van der Waals surface area contributed by atoms with Crippen LogP contribution < -0.4 is 4.90 Å². The van der Waals surface area contributed by atoms with Gasteiger partial charge in [-0.3, -0.25) is 0 Å². The molecular formula is C13H27N2+. The average molecular weight is 211 g/mol. The summed E-state index contributed by atoms with van der Waals surface area (Å²) in [6.45, 7) is 14.7. The highest BCUT2D eigenvalue weighted by molar-refractivity contribution is 5.12. The van der Waals surface area contributed by atoms with Crippen LogP contribution >= 0.6 is 0 Å². The first-order chi connectivity index (χ1) is 7.06. The van der Waals surface area contributed by atoms with Crippen molar-refractivity contribution in [3.8, 4) is 0 Å². The van der Waals surface area contributed by atoms with Crippen molar-refractivity contribution in [1.29, 1.82) is 0 Å². The topological polar surface area (TPSA) is 9.37 Å². The van der Waals surface area contributed by atoms with Crippen LogP contribution in [0.15, 0.2) is 12.1 Å². The molecule has 1 rings (SSSR count). The predicted molar refractivity (Wildman–Crippen MR) is 67.5 cm³/mol. The molecule has 0 bridgehead atoms. The van der Waals surface area contributed by atoms with E-state index in [1.165, 1.54) is 31.0 Å². The van der Waals surface area contributed by atoms with Crippen molar-refractivity contribution >= 4 is 0 Å². The number of aryl methyl sites for hydroxylation is 2. The number of quaternary nitrogens is 1. The van der Waals surface area contributed by atoms with E-state index in [-0.39, 0.29) is 0 Å². The molecule has 88 valence electrons. The van der Waals surface area contributed by atoms with Gasteiger partial charge in [-0.1, -0.05) is 0 Å². The Labute approximate surface area is 94.9 Å². The molecule has 0 aromatic carbocycles. The van der Waals surface area contributed by atoms with Crippen LogP contribution in [0, 0.1) is 13.8 Å². The molecule has 0 aliphatic heterocycles. The lowest BCUT2D eigenvalue weighted by atomic mass is 10.5. The van der Waals surface area contributed by atoms with Gasteiger partial charge in [-0.05, 0) is 46.8 Å². The van der Waals surface area contributed by atoms with Crippen LogP contribution in [0.1, 0.15) is 32.2 Å². The Morgan fingerprint density at radius 1 is 0.933 bits per heavy atom. The summed E-state index contributed by atoms with van der Waals surface area (Å²) in [6, 6.07) is 4.24. The highest BCUT2D eigenvalue weighted by Crippen LogP contribution is 2.02. The third-order valence-corrected chi connectivity index (χ3v) is 3.12. The summed E-state index contributed by atoms with van der Waals surface area (Å²) in [4.78, 5) is 1.68. The third-order valence-electron chi connectivity index (χ3n) is 3.12. The summed E-state index contributed by atoms with van der Waals surface area (Å²) in [6.07, 6.45) is 0. The quantitative estimate of drug-likeness (QED) is 0.777. The molecule has 0 spiro atoms. The summed E-state index contributed by atoms with van der Waals surface area (Å²) in [5.74, 6) is 0. The predicted octanol–water partition coefficient (Wildman–Crippen LogP) is 1.57. The molecule has 0 amide bonds. The molecule has 0 aliphatic carbocycles. The molecule has 0 unspecified atom stereocenters. The van der Waals surface area contributed by atoms with Gasteiger partial charge in [0.2, 0.25) is 0 Å². The zero-order valence-corrected chi connectivity index (χ0v) is 11.2. The van der Waals surface area contributed by atoms with Crippen molar-refractivity contribution in [2.45, 2.75) is 34.6 Å². The molecule has 0 atom stereocenters. The van der Waals surface area contributed by atoms with E-state index in [0.717, 1.165) is 0 Å². The van der Waals surface area contributed by atoms with Gasteiger partial charge in [-0.2, -0.15) is 0 Å². The zero-order chi connectivity index (χ0) is 11.8. The first-order valence-electron chi connectivity index (χ1n) is 5.99. The van der Waals surface area contributed by atoms with E-state index >= 15 is 0 Å². The molecule has 15 heavy (non-hydrogen) atoms. The number of nitrogens with zero attached hydrogens (tertiary/aromatic N) is 1. The first kappa shape index (κ1) is 14.2. The fourth-order valence-corrected chi connectivity index (χ4v) is 1.49. The molecule has 0 radical (unpaired) electrons. The van der Waals surface area contributed by atoms with E-state index in [0.29, 0.717) is 0 Å². The second kappa shape index (κ2) is 7.52. The zero-order valence-electron chi connectivity index (χ0n) is 11.2. The summed E-state index contributed by atoms with van der Waals surface area (Å²) in [5.41, 5.74) is 2.64. The van der Waals surface area contributed by atoms with Crippen molar-refractivity contribution in [3.63, 3.8) is 0 Å². The monoisotopic (exact) mass is 211 g/mol. The van der Waals surface area contributed by atoms with Crippen LogP contribution in [-0.4, -0.2) is 24.2 Å². The van der Waals surface area contributed by atoms with Gasteiger partial charge in [-0.25, -0.2) is 0 Å². The Hall–Kier alpha value is -0.760. The molecule has 1 aromatic heterocycles. The SMILES string of the molecule is CC[NH+](CC)CC.Cc1ccc(C)n1C. The molecule has 1 heterocycles. The number of hydrogen-bond acceptors (Lipinski definition) is 0. The maximum atomic E-state index is 2.22. The lowest BCUT2D eigenvalue weighted by Crippen LogP contribution is -3.11. The van der Waals surface area contributed by atoms with E-state index in [9.17, 15) is 0 Å². The number of aromatic nitrogens is 1. The van der Waals surface area contributed by atoms with Crippen molar-refractivity contribution < 1.29 is 4.90 Å². The van der Waals surface area contributed by atoms with Gasteiger partial charge in [0.25, 0.3) is 0 Å². The van der Waals surface area contributed by atoms with Crippen LogP contribution in [-0.2, 0) is 7.05 Å². The normalized spacial score (nSPS) is 10.1. The van der Waals surface area contributed by atoms with Gasteiger partial charge in [0.1, 0.15) is 0 Å². The molecule has 1 aromatic rings. The lowest BCUT2D eigenvalue weighted by Gasteiger charge is -2.10. The third kappa shape index (κ3) is 5.03. The molecular weight excluding hydrogens is 184 g/mol. The van der Waals surface area contributed by atoms with Gasteiger partial charge in [0.15, 0.2) is 0 Å². The fraction of sp³-hybridized carbons (Fsp3) is 0.692. The Morgan fingerprint density at radius 2 is 1.27 bits per heavy atom. The Balaban J connectivity index is 0.000000265. The van der Waals surface area contributed by atoms with E-state index < -0.39 is 0 Å². The standard InChI is InChI=1S/C7H11N.C6H15N/c1-6-4-5-7(2)8(6)3;1-4-7(5-2)6-3/h4-5H,1-3H3;4-6H2,1-3H3/p+1. The Bertz CT molecular complexity index is 234. The van der Waals surface area contributed by atoms with Crippen LogP contribution in [0.4, 0.5) is 0 Å². The minimum Gasteiger partial charge on any atom is -0.352 e. The number of hydrogen-bond donors (Lipinski definition) is 1. The number of rotatable bonds is 3. The molecule has 0 saturated heterocycles. The fourth-order valence-electron chi connectivity index (χ4n) is 1.49. The average Bonchev–Trinajstić information content (AvgIpc) is 2.53. The van der Waals surface area contributed by atoms with Crippen LogP contribution in [0.5, 0.6) is 0 Å². The summed E-state index contributed by atoms with van der Waals surface area (Å²) < 4.78 is 2.17. The van der Waals surface area contributed by atoms with E-state index in [2.05, 4.69) is 58.4 Å². The molecule has 0 aliphatic rings. The van der Waals surface area contributed by atoms with Gasteiger partial charge >= 0.3 is 0 Å². The van der Waals surface area contributed by atoms with Crippen molar-refractivity contribution in [1.82, 2.24) is 4.57 Å². The van der Waals surface area contributed by atoms with Crippen LogP contribution in [0.3, 0.4) is 0 Å². The summed E-state index contributed by atoms with van der Waals surface area (Å²) in [5, 5.41) is 0. The van der Waals surface area contributed by atoms with E-state index in [1.807, 2.05) is 0 Å². The largest absolute Gasteiger partial charge is 0.352 e. The molecule has 2 nitrogen and oxygen atoms in total. The van der Waals surface area contributed by atoms with Crippen molar-refractivity contribution in [2.75, 3.05) is 19.6 Å². The highest BCUT2D eigenvalue weighted by atomic mass is 15.1. The molecule has 0 saturated carbocycles. The molecule has 2 heteroatoms. The van der Waals surface area contributed by atoms with Crippen molar-refractivity contribution in [2.24, 2.45) is 7.05 Å². The Morgan fingerprint density at radius 3 is 1.33 bits per heavy atom. The number of nitrogens with one attached hydrogen (secondary N) is 1. The Kier molecular flexibility index (Phi) is 7.14. The molecule has 0 fully saturated rings. The van der Waals surface area contributed by atoms with Gasteiger partial charge in [0, 0.05) is 18.4 Å². The minimum absolute atomic E-state index is 1.27. The minimum atomic E-state index is 1.27. The second-order valence-electron chi connectivity index (χ2n) is 3.99. The second-order valence-corrected chi connectivity index (χ2v) is 3.99. The van der Waals surface area contributed by atoms with Gasteiger partial charge < -0.3 is 9.47 Å². The summed E-state index contributed by atoms with van der Waals surface area (Å²) in [7, 11) is 2.07. The van der Waals surface area contributed by atoms with Crippen LogP contribution in [0.2, 0.25) is 0 Å². The van der Waals surface area contributed by atoms with E-state index in [4.69, 9.17) is 0 Å². The van der Waals surface area contributed by atoms with Crippen LogP contribution in [0.25, 0.3) is 0 Å². The summed E-state index contributed by atoms with van der Waals surface area (Å²) >= 11 is 0. The highest BCUT2D eigenvalue weighted by Gasteiger charge is 1.93. The first-order valence-corrected chi connectivity index (χ1v) is 5.99. The molecule has 1 N–H and O–H groups in total.